The Labute approximate surface area is 125 Å². The molecule has 0 rings (SSSR count). The van der Waals surface area contributed by atoms with Crippen molar-refractivity contribution in [3.8, 4) is 0 Å². The third-order valence-corrected chi connectivity index (χ3v) is 8.65. The van der Waals surface area contributed by atoms with Gasteiger partial charge in [0.2, 0.25) is 0 Å². The van der Waals surface area contributed by atoms with E-state index in [1.165, 1.54) is 0 Å². The standard InChI is InChI=1S/C15H33NO3Si/c1-14(2,3)12(9-11(16)10-13(17)18)19-20(7,8)15(4,5)6/h11-12H,9-10,16H2,1-8H3,(H,17,18). The van der Waals surface area contributed by atoms with Crippen LogP contribution in [0.25, 0.3) is 0 Å². The van der Waals surface area contributed by atoms with Gasteiger partial charge < -0.3 is 15.3 Å². The van der Waals surface area contributed by atoms with Crippen LogP contribution in [0.15, 0.2) is 0 Å². The number of rotatable bonds is 6. The lowest BCUT2D eigenvalue weighted by atomic mass is 9.85. The molecule has 0 radical (unpaired) electrons. The SMILES string of the molecule is CC(C)(C)C(CC(N)CC(=O)O)O[Si](C)(C)C(C)(C)C. The molecule has 0 amide bonds. The molecule has 0 aromatic rings. The van der Waals surface area contributed by atoms with Gasteiger partial charge >= 0.3 is 5.97 Å². The molecule has 4 nitrogen and oxygen atoms in total. The van der Waals surface area contributed by atoms with Gasteiger partial charge in [0, 0.05) is 6.04 Å². The van der Waals surface area contributed by atoms with Gasteiger partial charge in [0.25, 0.3) is 0 Å². The van der Waals surface area contributed by atoms with Crippen molar-refractivity contribution in [2.45, 2.75) is 84.7 Å². The van der Waals surface area contributed by atoms with Crippen molar-refractivity contribution in [1.82, 2.24) is 0 Å². The Kier molecular flexibility index (Phi) is 6.45. The smallest absolute Gasteiger partial charge is 0.304 e. The number of carbonyl (C=O) groups is 1. The minimum atomic E-state index is -1.89. The van der Waals surface area contributed by atoms with E-state index < -0.39 is 14.3 Å². The summed E-state index contributed by atoms with van der Waals surface area (Å²) in [6, 6.07) is -0.360. The summed E-state index contributed by atoms with van der Waals surface area (Å²) in [5.41, 5.74) is 5.90. The minimum Gasteiger partial charge on any atom is -0.481 e. The molecule has 0 aliphatic heterocycles. The summed E-state index contributed by atoms with van der Waals surface area (Å²) in [4.78, 5) is 10.8. The van der Waals surface area contributed by atoms with Crippen LogP contribution in [-0.4, -0.2) is 31.5 Å². The van der Waals surface area contributed by atoms with Gasteiger partial charge in [-0.1, -0.05) is 41.5 Å². The van der Waals surface area contributed by atoms with Crippen LogP contribution in [-0.2, 0) is 9.22 Å². The molecule has 120 valence electrons. The van der Waals surface area contributed by atoms with Gasteiger partial charge in [-0.2, -0.15) is 0 Å². The zero-order valence-electron chi connectivity index (χ0n) is 14.4. The molecule has 0 fully saturated rings. The van der Waals surface area contributed by atoms with Gasteiger partial charge in [-0.25, -0.2) is 0 Å². The molecule has 2 unspecified atom stereocenters. The summed E-state index contributed by atoms with van der Waals surface area (Å²) >= 11 is 0. The second-order valence-corrected chi connectivity index (χ2v) is 13.1. The molecule has 0 bridgehead atoms. The molecule has 0 saturated carbocycles. The first-order valence-electron chi connectivity index (χ1n) is 7.32. The van der Waals surface area contributed by atoms with Crippen LogP contribution in [0, 0.1) is 5.41 Å². The molecule has 0 saturated heterocycles. The van der Waals surface area contributed by atoms with E-state index in [-0.39, 0.29) is 29.0 Å². The second-order valence-electron chi connectivity index (χ2n) is 8.33. The van der Waals surface area contributed by atoms with Crippen molar-refractivity contribution in [1.29, 1.82) is 0 Å². The molecular weight excluding hydrogens is 270 g/mol. The van der Waals surface area contributed by atoms with Crippen LogP contribution in [0.2, 0.25) is 18.1 Å². The quantitative estimate of drug-likeness (QED) is 0.735. The summed E-state index contributed by atoms with van der Waals surface area (Å²) in [7, 11) is -1.89. The van der Waals surface area contributed by atoms with Gasteiger partial charge in [0.05, 0.1) is 12.5 Å². The number of hydrogen-bond donors (Lipinski definition) is 2. The summed E-state index contributed by atoms with van der Waals surface area (Å²) < 4.78 is 6.49. The fraction of sp³-hybridized carbons (Fsp3) is 0.933. The highest BCUT2D eigenvalue weighted by atomic mass is 28.4. The second kappa shape index (κ2) is 6.58. The highest BCUT2D eigenvalue weighted by molar-refractivity contribution is 6.74. The molecule has 0 aromatic carbocycles. The van der Waals surface area contributed by atoms with Crippen molar-refractivity contribution in [3.05, 3.63) is 0 Å². The van der Waals surface area contributed by atoms with Crippen molar-refractivity contribution in [2.24, 2.45) is 11.1 Å². The maximum atomic E-state index is 10.8. The fourth-order valence-electron chi connectivity index (χ4n) is 1.69. The van der Waals surface area contributed by atoms with E-state index in [1.54, 1.807) is 0 Å². The number of nitrogens with two attached hydrogens (primary N) is 1. The zero-order chi connectivity index (χ0) is 16.4. The summed E-state index contributed by atoms with van der Waals surface area (Å²) in [6.07, 6.45) is 0.563. The van der Waals surface area contributed by atoms with Crippen LogP contribution < -0.4 is 5.73 Å². The Bertz CT molecular complexity index is 329. The van der Waals surface area contributed by atoms with E-state index in [4.69, 9.17) is 15.3 Å². The van der Waals surface area contributed by atoms with Gasteiger partial charge in [-0.05, 0) is 30.0 Å². The first-order chi connectivity index (χ1) is 8.67. The van der Waals surface area contributed by atoms with Gasteiger partial charge in [0.1, 0.15) is 0 Å². The van der Waals surface area contributed by atoms with Gasteiger partial charge in [-0.3, -0.25) is 4.79 Å². The monoisotopic (exact) mass is 303 g/mol. The number of hydrogen-bond acceptors (Lipinski definition) is 3. The molecule has 0 aliphatic carbocycles. The first kappa shape index (κ1) is 19.6. The summed E-state index contributed by atoms with van der Waals surface area (Å²) in [5, 5.41) is 8.98. The Balaban J connectivity index is 4.98. The Morgan fingerprint density at radius 3 is 1.95 bits per heavy atom. The predicted molar refractivity (Wildman–Crippen MR) is 86.4 cm³/mol. The normalized spacial score (nSPS) is 16.9. The molecule has 0 aromatic heterocycles. The van der Waals surface area contributed by atoms with Crippen molar-refractivity contribution in [2.75, 3.05) is 0 Å². The summed E-state index contributed by atoms with van der Waals surface area (Å²) in [6.45, 7) is 17.4. The molecule has 0 spiro atoms. The van der Waals surface area contributed by atoms with Gasteiger partial charge in [0.15, 0.2) is 8.32 Å². The molecule has 0 aliphatic rings. The molecule has 20 heavy (non-hydrogen) atoms. The predicted octanol–water partition coefficient (Wildman–Crippen LogP) is 3.62. The minimum absolute atomic E-state index is 0.00651. The number of carboxylic acids is 1. The lowest BCUT2D eigenvalue weighted by Crippen LogP contribution is -2.49. The molecule has 0 heterocycles. The third kappa shape index (κ3) is 6.37. The first-order valence-corrected chi connectivity index (χ1v) is 10.2. The van der Waals surface area contributed by atoms with E-state index in [0.717, 1.165) is 0 Å². The number of carboxylic acid groups (broad SMARTS) is 1. The van der Waals surface area contributed by atoms with E-state index in [9.17, 15) is 4.79 Å². The van der Waals surface area contributed by atoms with E-state index in [2.05, 4.69) is 54.6 Å². The highest BCUT2D eigenvalue weighted by Gasteiger charge is 2.42. The highest BCUT2D eigenvalue weighted by Crippen LogP contribution is 2.40. The van der Waals surface area contributed by atoms with E-state index in [0.29, 0.717) is 6.42 Å². The Morgan fingerprint density at radius 2 is 1.65 bits per heavy atom. The van der Waals surface area contributed by atoms with Crippen molar-refractivity contribution < 1.29 is 14.3 Å². The maximum Gasteiger partial charge on any atom is 0.304 e. The van der Waals surface area contributed by atoms with E-state index in [1.807, 2.05) is 0 Å². The molecule has 5 heteroatoms. The van der Waals surface area contributed by atoms with Crippen molar-refractivity contribution in [3.63, 3.8) is 0 Å². The Hall–Kier alpha value is -0.393. The van der Waals surface area contributed by atoms with Crippen molar-refractivity contribution >= 4 is 14.3 Å². The van der Waals surface area contributed by atoms with Crippen LogP contribution in [0.1, 0.15) is 54.4 Å². The van der Waals surface area contributed by atoms with Crippen LogP contribution in [0.5, 0.6) is 0 Å². The molecule has 3 N–H and O–H groups in total. The van der Waals surface area contributed by atoms with Crippen LogP contribution >= 0.6 is 0 Å². The average Bonchev–Trinajstić information content (AvgIpc) is 2.11. The molecule has 2 atom stereocenters. The van der Waals surface area contributed by atoms with Gasteiger partial charge in [-0.15, -0.1) is 0 Å². The summed E-state index contributed by atoms with van der Waals surface area (Å²) in [5.74, 6) is -0.850. The average molecular weight is 304 g/mol. The van der Waals surface area contributed by atoms with Crippen LogP contribution in [0.4, 0.5) is 0 Å². The maximum absolute atomic E-state index is 10.8. The van der Waals surface area contributed by atoms with Crippen LogP contribution in [0.3, 0.4) is 0 Å². The largest absolute Gasteiger partial charge is 0.481 e. The lowest BCUT2D eigenvalue weighted by molar-refractivity contribution is -0.137. The molecular formula is C15H33NO3Si. The Morgan fingerprint density at radius 1 is 1.20 bits per heavy atom. The number of aliphatic carboxylic acids is 1. The topological polar surface area (TPSA) is 72.6 Å². The fourth-order valence-corrected chi connectivity index (χ4v) is 3.21. The van der Waals surface area contributed by atoms with E-state index >= 15 is 0 Å². The zero-order valence-corrected chi connectivity index (χ0v) is 15.4. The third-order valence-electron chi connectivity index (χ3n) is 4.16. The lowest BCUT2D eigenvalue weighted by Gasteiger charge is -2.44.